The molecule has 0 atom stereocenters. The first-order valence-corrected chi connectivity index (χ1v) is 21.0. The van der Waals surface area contributed by atoms with Crippen molar-refractivity contribution in [2.45, 2.75) is 65.0 Å². The van der Waals surface area contributed by atoms with Crippen LogP contribution in [0.15, 0.2) is 72.8 Å². The van der Waals surface area contributed by atoms with E-state index >= 15 is 0 Å². The summed E-state index contributed by atoms with van der Waals surface area (Å²) in [6.07, 6.45) is 14.0. The Morgan fingerprint density at radius 2 is 0.879 bits per heavy atom. The molecule has 0 unspecified atom stereocenters. The van der Waals surface area contributed by atoms with Crippen molar-refractivity contribution in [1.29, 1.82) is 0 Å². The van der Waals surface area contributed by atoms with Gasteiger partial charge in [0, 0.05) is 0 Å². The Balaban J connectivity index is 0.000000405. The third-order valence-corrected chi connectivity index (χ3v) is 10.5. The van der Waals surface area contributed by atoms with Gasteiger partial charge in [-0.3, -0.25) is 0 Å². The van der Waals surface area contributed by atoms with Crippen LogP contribution in [0.5, 0.6) is 0 Å². The summed E-state index contributed by atoms with van der Waals surface area (Å²) < 4.78 is 6.73. The van der Waals surface area contributed by atoms with Gasteiger partial charge in [0.25, 0.3) is 0 Å². The van der Waals surface area contributed by atoms with Gasteiger partial charge in [-0.15, -0.1) is 0 Å². The summed E-state index contributed by atoms with van der Waals surface area (Å²) in [6.45, 7) is 14.2. The summed E-state index contributed by atoms with van der Waals surface area (Å²) >= 11 is -0.428. The van der Waals surface area contributed by atoms with Crippen LogP contribution in [0.4, 0.5) is 0 Å². The molecule has 0 N–H and O–H groups in total. The van der Waals surface area contributed by atoms with Crippen molar-refractivity contribution in [3.8, 4) is 20.5 Å². The Bertz CT molecular complexity index is 975. The summed E-state index contributed by atoms with van der Waals surface area (Å²) in [5, 5.41) is 2.90. The zero-order chi connectivity index (χ0) is 24.2. The van der Waals surface area contributed by atoms with E-state index in [2.05, 4.69) is 133 Å². The minimum absolute atomic E-state index is 0.428. The summed E-state index contributed by atoms with van der Waals surface area (Å²) in [5.41, 5.74) is 2.40. The number of hydrogen-bond donors (Lipinski definition) is 0. The molecular weight excluding hydrogens is 612 g/mol. The average Bonchev–Trinajstić information content (AvgIpc) is 2.73. The third-order valence-electron chi connectivity index (χ3n) is 5.23. The van der Waals surface area contributed by atoms with Crippen LogP contribution in [0.2, 0.25) is 39.3 Å². The Morgan fingerprint density at radius 1 is 0.545 bits per heavy atom. The van der Waals surface area contributed by atoms with Crippen LogP contribution in [0.25, 0.3) is 0 Å². The van der Waals surface area contributed by atoms with Crippen molar-refractivity contribution in [1.82, 2.24) is 0 Å². The molecule has 0 aromatic heterocycles. The van der Waals surface area contributed by atoms with Gasteiger partial charge < -0.3 is 0 Å². The third kappa shape index (κ3) is 10.3. The van der Waals surface area contributed by atoms with E-state index in [4.69, 9.17) is 0 Å². The summed E-state index contributed by atoms with van der Waals surface area (Å²) in [5.74, 6) is 6.78. The summed E-state index contributed by atoms with van der Waals surface area (Å²) in [7, 11) is -2.70. The van der Waals surface area contributed by atoms with Crippen LogP contribution < -0.4 is 10.4 Å². The molecule has 2 aromatic rings. The van der Waals surface area contributed by atoms with Gasteiger partial charge in [0.15, 0.2) is 0 Å². The van der Waals surface area contributed by atoms with E-state index < -0.39 is 34.7 Å². The fourth-order valence-electron chi connectivity index (χ4n) is 3.49. The Morgan fingerprint density at radius 3 is 1.21 bits per heavy atom. The number of hydrogen-bond acceptors (Lipinski definition) is 0. The monoisotopic (exact) mass is 649 g/mol. The van der Waals surface area contributed by atoms with Gasteiger partial charge in [0.2, 0.25) is 0 Å². The Labute approximate surface area is 213 Å². The molecule has 0 saturated heterocycles. The molecule has 2 aromatic carbocycles. The van der Waals surface area contributed by atoms with E-state index in [1.54, 1.807) is 0 Å². The quantitative estimate of drug-likeness (QED) is 0.190. The predicted molar refractivity (Wildman–Crippen MR) is 149 cm³/mol. The minimum atomic E-state index is -1.35. The molecule has 0 amide bonds. The van der Waals surface area contributed by atoms with Crippen LogP contribution in [-0.2, 0) is 18.6 Å². The van der Waals surface area contributed by atoms with Crippen LogP contribution in [-0.4, -0.2) is 16.1 Å². The first-order chi connectivity index (χ1) is 15.7. The number of allylic oxidation sites excluding steroid dienone is 4. The van der Waals surface area contributed by atoms with E-state index in [0.717, 1.165) is 0 Å². The second kappa shape index (κ2) is 13.8. The second-order valence-corrected chi connectivity index (χ2v) is 22.0. The van der Waals surface area contributed by atoms with Gasteiger partial charge in [-0.05, 0) is 25.7 Å². The summed E-state index contributed by atoms with van der Waals surface area (Å²) in [6, 6.07) is 17.2. The molecule has 0 saturated carbocycles. The number of benzene rings is 2. The Kier molecular flexibility index (Phi) is 11.4. The number of rotatable bonds is 2. The van der Waals surface area contributed by atoms with Gasteiger partial charge in [0.05, 0.1) is 0 Å². The molecule has 0 aliphatic heterocycles. The molecule has 0 radical (unpaired) electrons. The molecule has 0 fully saturated rings. The maximum atomic E-state index is 3.39. The van der Waals surface area contributed by atoms with Crippen LogP contribution in [0, 0.1) is 20.5 Å². The van der Waals surface area contributed by atoms with E-state index in [9.17, 15) is 0 Å². The molecule has 0 heterocycles. The van der Waals surface area contributed by atoms with Crippen LogP contribution in [0.3, 0.4) is 0 Å². The van der Waals surface area contributed by atoms with E-state index in [1.807, 2.05) is 0 Å². The summed E-state index contributed by atoms with van der Waals surface area (Å²) in [4.78, 5) is 0. The molecule has 1 aliphatic rings. The van der Waals surface area contributed by atoms with Crippen molar-refractivity contribution >= 4 is 26.5 Å². The van der Waals surface area contributed by atoms with Crippen molar-refractivity contribution in [2.24, 2.45) is 0 Å². The first-order valence-electron chi connectivity index (χ1n) is 11.8. The normalized spacial score (nSPS) is 13.4. The first kappa shape index (κ1) is 27.4. The molecule has 1 aliphatic carbocycles. The molecule has 3 heteroatoms. The average molecular weight is 650 g/mol. The second-order valence-electron chi connectivity index (χ2n) is 10.2. The maximum absolute atomic E-state index is 3.39. The zero-order valence-corrected chi connectivity index (χ0v) is 25.3. The molecule has 0 nitrogen and oxygen atoms in total. The molecule has 3 rings (SSSR count). The molecule has 33 heavy (non-hydrogen) atoms. The fraction of sp³-hybridized carbons (Fsp3) is 0.333. The van der Waals surface area contributed by atoms with Gasteiger partial charge in [-0.25, -0.2) is 0 Å². The fourth-order valence-corrected chi connectivity index (χ4v) is 7.63. The van der Waals surface area contributed by atoms with Gasteiger partial charge in [-0.1, -0.05) is 24.3 Å². The van der Waals surface area contributed by atoms with Gasteiger partial charge >= 0.3 is 164 Å². The molecule has 0 spiro atoms. The SMILES string of the molecule is C1=CCCC=CCC1.C[Si](C)(C)c1ccccc1C#[C][Pt][C]#Cc1ccccc1[Si](C)(C)C. The van der Waals surface area contributed by atoms with Crippen molar-refractivity contribution in [3.05, 3.63) is 84.0 Å². The zero-order valence-electron chi connectivity index (χ0n) is 21.1. The standard InChI is InChI=1S/2C11H13Si.C8H12.Pt/c2*1-5-10-8-6-7-9-11(10)12(2,3)4;1-2-4-6-8-7-5-3-1;/h2*6-9H,2-4H3;1-2,7-8H,3-6H2;. The molecular formula is C30H38PtSi2. The van der Waals surface area contributed by atoms with Crippen molar-refractivity contribution in [2.75, 3.05) is 0 Å². The predicted octanol–water partition coefficient (Wildman–Crippen LogP) is 6.85. The molecule has 176 valence electrons. The van der Waals surface area contributed by atoms with Gasteiger partial charge in [-0.2, -0.15) is 0 Å². The Hall–Kier alpha value is -1.84. The molecule has 0 bridgehead atoms. The van der Waals surface area contributed by atoms with Crippen LogP contribution in [0.1, 0.15) is 36.8 Å². The van der Waals surface area contributed by atoms with E-state index in [-0.39, 0.29) is 0 Å². The van der Waals surface area contributed by atoms with E-state index in [0.29, 0.717) is 0 Å². The van der Waals surface area contributed by atoms with Crippen molar-refractivity contribution < 1.29 is 18.6 Å². The van der Waals surface area contributed by atoms with Gasteiger partial charge in [0.1, 0.15) is 0 Å². The van der Waals surface area contributed by atoms with Crippen LogP contribution >= 0.6 is 0 Å². The van der Waals surface area contributed by atoms with E-state index in [1.165, 1.54) is 47.2 Å². The topological polar surface area (TPSA) is 0 Å². The van der Waals surface area contributed by atoms with Crippen molar-refractivity contribution in [3.63, 3.8) is 0 Å².